The van der Waals surface area contributed by atoms with Crippen LogP contribution in [0.15, 0.2) is 30.3 Å². The van der Waals surface area contributed by atoms with E-state index in [0.717, 1.165) is 5.92 Å². The highest BCUT2D eigenvalue weighted by atomic mass is 15.1. The van der Waals surface area contributed by atoms with E-state index in [9.17, 15) is 0 Å². The second kappa shape index (κ2) is 6.20. The molecule has 0 radical (unpaired) electrons. The van der Waals surface area contributed by atoms with Gasteiger partial charge in [-0.25, -0.2) is 0 Å². The Labute approximate surface area is 106 Å². The van der Waals surface area contributed by atoms with Gasteiger partial charge in [-0.15, -0.1) is 0 Å². The van der Waals surface area contributed by atoms with Crippen molar-refractivity contribution in [2.45, 2.75) is 39.0 Å². The maximum atomic E-state index is 2.65. The summed E-state index contributed by atoms with van der Waals surface area (Å²) >= 11 is 0. The molecule has 1 aliphatic rings. The van der Waals surface area contributed by atoms with Crippen molar-refractivity contribution in [3.05, 3.63) is 35.9 Å². The van der Waals surface area contributed by atoms with Gasteiger partial charge in [0.25, 0.3) is 0 Å². The van der Waals surface area contributed by atoms with Crippen LogP contribution in [0, 0.1) is 5.92 Å². The largest absolute Gasteiger partial charge is 0.303 e. The molecule has 0 saturated carbocycles. The van der Waals surface area contributed by atoms with E-state index in [4.69, 9.17) is 0 Å². The Balaban J connectivity index is 2.02. The summed E-state index contributed by atoms with van der Waals surface area (Å²) in [4.78, 5) is 2.65. The van der Waals surface area contributed by atoms with Gasteiger partial charge in [-0.2, -0.15) is 0 Å². The van der Waals surface area contributed by atoms with Crippen molar-refractivity contribution in [1.82, 2.24) is 4.90 Å². The summed E-state index contributed by atoms with van der Waals surface area (Å²) in [5.74, 6) is 1.41. The number of hydrogen-bond donors (Lipinski definition) is 0. The zero-order valence-corrected chi connectivity index (χ0v) is 11.2. The number of piperidine rings is 1. The van der Waals surface area contributed by atoms with Crippen molar-refractivity contribution in [2.75, 3.05) is 19.6 Å². The smallest absolute Gasteiger partial charge is 0.00527 e. The zero-order valence-electron chi connectivity index (χ0n) is 11.2. The molecule has 0 aliphatic carbocycles. The summed E-state index contributed by atoms with van der Waals surface area (Å²) in [5, 5.41) is 0. The van der Waals surface area contributed by atoms with Crippen LogP contribution in [0.4, 0.5) is 0 Å². The van der Waals surface area contributed by atoms with Crippen molar-refractivity contribution in [3.8, 4) is 0 Å². The first-order valence-electron chi connectivity index (χ1n) is 7.04. The zero-order chi connectivity index (χ0) is 12.1. The molecule has 0 aromatic heterocycles. The molecular formula is C16H25N. The minimum Gasteiger partial charge on any atom is -0.303 e. The fraction of sp³-hybridized carbons (Fsp3) is 0.625. The standard InChI is InChI=1S/C16H25N/c1-14(2)16(15-9-5-3-6-10-15)13-17-11-7-4-8-12-17/h3,5-6,9-10,14,16H,4,7-8,11-13H2,1-2H3. The first kappa shape index (κ1) is 12.6. The van der Waals surface area contributed by atoms with Crippen LogP contribution in [0.25, 0.3) is 0 Å². The SMILES string of the molecule is CC(C)C(CN1CCCCC1)c1ccccc1. The van der Waals surface area contributed by atoms with E-state index in [1.54, 1.807) is 0 Å². The minimum absolute atomic E-state index is 0.689. The summed E-state index contributed by atoms with van der Waals surface area (Å²) in [6.07, 6.45) is 4.20. The Hall–Kier alpha value is -0.820. The van der Waals surface area contributed by atoms with Crippen LogP contribution in [-0.2, 0) is 0 Å². The van der Waals surface area contributed by atoms with Crippen LogP contribution >= 0.6 is 0 Å². The lowest BCUT2D eigenvalue weighted by molar-refractivity contribution is 0.201. The van der Waals surface area contributed by atoms with Crippen LogP contribution in [0.3, 0.4) is 0 Å². The predicted molar refractivity (Wildman–Crippen MR) is 74.3 cm³/mol. The van der Waals surface area contributed by atoms with E-state index in [1.165, 1.54) is 44.5 Å². The molecule has 17 heavy (non-hydrogen) atoms. The lowest BCUT2D eigenvalue weighted by atomic mass is 9.87. The topological polar surface area (TPSA) is 3.24 Å². The molecule has 1 nitrogen and oxygen atoms in total. The third-order valence-electron chi connectivity index (χ3n) is 3.94. The van der Waals surface area contributed by atoms with Crippen molar-refractivity contribution >= 4 is 0 Å². The van der Waals surface area contributed by atoms with Gasteiger partial charge in [0, 0.05) is 6.54 Å². The molecule has 1 aliphatic heterocycles. The molecule has 1 aromatic carbocycles. The molecule has 0 spiro atoms. The van der Waals surface area contributed by atoms with E-state index >= 15 is 0 Å². The third kappa shape index (κ3) is 3.57. The highest BCUT2D eigenvalue weighted by molar-refractivity contribution is 5.20. The Bertz CT molecular complexity index is 312. The molecule has 1 heteroatoms. The van der Waals surface area contributed by atoms with E-state index in [-0.39, 0.29) is 0 Å². The second-order valence-corrected chi connectivity index (χ2v) is 5.62. The number of rotatable bonds is 4. The maximum Gasteiger partial charge on any atom is 0.00527 e. The van der Waals surface area contributed by atoms with Gasteiger partial charge < -0.3 is 4.90 Å². The molecule has 2 rings (SSSR count). The van der Waals surface area contributed by atoms with Gasteiger partial charge >= 0.3 is 0 Å². The van der Waals surface area contributed by atoms with Gasteiger partial charge in [-0.05, 0) is 43.3 Å². The molecule has 94 valence electrons. The lowest BCUT2D eigenvalue weighted by Crippen LogP contribution is -2.34. The molecule has 1 aromatic rings. The number of benzene rings is 1. The van der Waals surface area contributed by atoms with Crippen molar-refractivity contribution in [1.29, 1.82) is 0 Å². The molecule has 1 atom stereocenters. The Kier molecular flexibility index (Phi) is 4.61. The Morgan fingerprint density at radius 3 is 2.24 bits per heavy atom. The normalized spacial score (nSPS) is 19.5. The Morgan fingerprint density at radius 1 is 1.00 bits per heavy atom. The summed E-state index contributed by atoms with van der Waals surface area (Å²) in [7, 11) is 0. The summed E-state index contributed by atoms with van der Waals surface area (Å²) in [6, 6.07) is 11.0. The van der Waals surface area contributed by atoms with Gasteiger partial charge in [-0.3, -0.25) is 0 Å². The van der Waals surface area contributed by atoms with Crippen molar-refractivity contribution in [2.24, 2.45) is 5.92 Å². The van der Waals surface area contributed by atoms with Gasteiger partial charge in [0.15, 0.2) is 0 Å². The summed E-state index contributed by atoms with van der Waals surface area (Å²) in [6.45, 7) is 8.54. The van der Waals surface area contributed by atoms with Gasteiger partial charge in [0.05, 0.1) is 0 Å². The van der Waals surface area contributed by atoms with Crippen LogP contribution in [0.5, 0.6) is 0 Å². The predicted octanol–water partition coefficient (Wildman–Crippen LogP) is 3.91. The van der Waals surface area contributed by atoms with Crippen molar-refractivity contribution < 1.29 is 0 Å². The molecule has 1 saturated heterocycles. The average molecular weight is 231 g/mol. The van der Waals surface area contributed by atoms with E-state index in [2.05, 4.69) is 49.1 Å². The average Bonchev–Trinajstić information content (AvgIpc) is 2.38. The quantitative estimate of drug-likeness (QED) is 0.759. The molecule has 1 unspecified atom stereocenters. The fourth-order valence-electron chi connectivity index (χ4n) is 2.82. The molecular weight excluding hydrogens is 206 g/mol. The summed E-state index contributed by atoms with van der Waals surface area (Å²) < 4.78 is 0. The van der Waals surface area contributed by atoms with E-state index in [0.29, 0.717) is 5.92 Å². The third-order valence-corrected chi connectivity index (χ3v) is 3.94. The molecule has 0 N–H and O–H groups in total. The lowest BCUT2D eigenvalue weighted by Gasteiger charge is -2.32. The first-order valence-corrected chi connectivity index (χ1v) is 7.04. The maximum absolute atomic E-state index is 2.65. The van der Waals surface area contributed by atoms with Crippen LogP contribution in [-0.4, -0.2) is 24.5 Å². The van der Waals surface area contributed by atoms with Gasteiger partial charge in [0.2, 0.25) is 0 Å². The monoisotopic (exact) mass is 231 g/mol. The Morgan fingerprint density at radius 2 is 1.65 bits per heavy atom. The molecule has 0 amide bonds. The van der Waals surface area contributed by atoms with Crippen LogP contribution in [0.2, 0.25) is 0 Å². The highest BCUT2D eigenvalue weighted by Gasteiger charge is 2.20. The first-order chi connectivity index (χ1) is 8.27. The molecule has 0 bridgehead atoms. The van der Waals surface area contributed by atoms with E-state index in [1.807, 2.05) is 0 Å². The number of hydrogen-bond acceptors (Lipinski definition) is 1. The highest BCUT2D eigenvalue weighted by Crippen LogP contribution is 2.26. The fourth-order valence-corrected chi connectivity index (χ4v) is 2.82. The van der Waals surface area contributed by atoms with Crippen molar-refractivity contribution in [3.63, 3.8) is 0 Å². The second-order valence-electron chi connectivity index (χ2n) is 5.62. The summed E-state index contributed by atoms with van der Waals surface area (Å²) in [5.41, 5.74) is 1.51. The van der Waals surface area contributed by atoms with Gasteiger partial charge in [-0.1, -0.05) is 50.6 Å². The number of nitrogens with zero attached hydrogens (tertiary/aromatic N) is 1. The molecule has 1 fully saturated rings. The minimum atomic E-state index is 0.689. The van der Waals surface area contributed by atoms with Crippen LogP contribution < -0.4 is 0 Å². The van der Waals surface area contributed by atoms with E-state index < -0.39 is 0 Å². The van der Waals surface area contributed by atoms with Crippen LogP contribution in [0.1, 0.15) is 44.6 Å². The molecule has 1 heterocycles. The van der Waals surface area contributed by atoms with Gasteiger partial charge in [0.1, 0.15) is 0 Å². The number of likely N-dealkylation sites (tertiary alicyclic amines) is 1.